The highest BCUT2D eigenvalue weighted by molar-refractivity contribution is 5.99. The van der Waals surface area contributed by atoms with Crippen molar-refractivity contribution in [3.8, 4) is 5.69 Å². The van der Waals surface area contributed by atoms with Gasteiger partial charge in [-0.15, -0.1) is 0 Å². The first kappa shape index (κ1) is 26.4. The number of aromatic nitrogens is 4. The summed E-state index contributed by atoms with van der Waals surface area (Å²) in [6.45, 7) is 3.08. The molecule has 39 heavy (non-hydrogen) atoms. The van der Waals surface area contributed by atoms with Gasteiger partial charge in [0.05, 0.1) is 18.8 Å². The number of fused-ring (bicyclic) bond motifs is 1. The second-order valence-corrected chi connectivity index (χ2v) is 8.96. The van der Waals surface area contributed by atoms with Crippen LogP contribution in [0.3, 0.4) is 0 Å². The number of nitrogens with zero attached hydrogens (tertiary/aromatic N) is 5. The number of halogens is 3. The molecule has 0 spiro atoms. The molecule has 10 nitrogen and oxygen atoms in total. The number of urea groups is 1. The van der Waals surface area contributed by atoms with Crippen LogP contribution in [0.2, 0.25) is 0 Å². The third-order valence-corrected chi connectivity index (χ3v) is 6.45. The summed E-state index contributed by atoms with van der Waals surface area (Å²) in [5.74, 6) is 0.604. The maximum atomic E-state index is 13.8. The van der Waals surface area contributed by atoms with Gasteiger partial charge in [-0.05, 0) is 48.4 Å². The van der Waals surface area contributed by atoms with Crippen molar-refractivity contribution in [2.45, 2.75) is 12.6 Å². The quantitative estimate of drug-likeness (QED) is 0.319. The van der Waals surface area contributed by atoms with Gasteiger partial charge in [-0.25, -0.2) is 19.7 Å². The molecule has 5 rings (SSSR count). The number of alkyl halides is 3. The summed E-state index contributed by atoms with van der Waals surface area (Å²) in [5, 5.41) is 8.12. The van der Waals surface area contributed by atoms with Crippen LogP contribution in [0.5, 0.6) is 0 Å². The highest BCUT2D eigenvalue weighted by Crippen LogP contribution is 2.34. The van der Waals surface area contributed by atoms with Crippen LogP contribution in [-0.2, 0) is 17.3 Å². The Bertz CT molecular complexity index is 1450. The van der Waals surface area contributed by atoms with E-state index in [1.54, 1.807) is 42.2 Å². The van der Waals surface area contributed by atoms with E-state index in [1.165, 1.54) is 18.5 Å². The van der Waals surface area contributed by atoms with E-state index < -0.39 is 17.8 Å². The number of nitrogens with one attached hydrogen (secondary N) is 3. The molecule has 2 aromatic heterocycles. The van der Waals surface area contributed by atoms with Crippen molar-refractivity contribution in [1.29, 1.82) is 0 Å². The number of rotatable bonds is 7. The van der Waals surface area contributed by atoms with Crippen LogP contribution in [0.4, 0.5) is 35.2 Å². The van der Waals surface area contributed by atoms with Crippen LogP contribution in [0.1, 0.15) is 11.1 Å². The van der Waals surface area contributed by atoms with E-state index in [0.717, 1.165) is 11.8 Å². The van der Waals surface area contributed by atoms with Gasteiger partial charge in [0, 0.05) is 43.7 Å². The molecule has 0 saturated carbocycles. The van der Waals surface area contributed by atoms with Gasteiger partial charge in [0.1, 0.15) is 12.7 Å². The van der Waals surface area contributed by atoms with Gasteiger partial charge in [0.25, 0.3) is 0 Å². The lowest BCUT2D eigenvalue weighted by atomic mass is 10.0. The Kier molecular flexibility index (Phi) is 7.61. The van der Waals surface area contributed by atoms with Crippen molar-refractivity contribution >= 4 is 34.4 Å². The molecule has 1 aliphatic rings. The number of hydrogen-bond donors (Lipinski definition) is 3. The van der Waals surface area contributed by atoms with Crippen molar-refractivity contribution < 1.29 is 22.7 Å². The number of hydrogen-bond acceptors (Lipinski definition) is 7. The molecule has 13 heteroatoms. The number of amides is 2. The van der Waals surface area contributed by atoms with Crippen molar-refractivity contribution in [3.63, 3.8) is 0 Å². The molecule has 2 amide bonds. The Morgan fingerprint density at radius 1 is 1.00 bits per heavy atom. The predicted molar refractivity (Wildman–Crippen MR) is 141 cm³/mol. The molecule has 4 aromatic rings. The molecule has 0 radical (unpaired) electrons. The number of carbonyl (C=O) groups excluding carboxylic acids is 1. The molecule has 0 atom stereocenters. The Hall–Kier alpha value is -4.23. The van der Waals surface area contributed by atoms with E-state index in [2.05, 4.69) is 35.8 Å². The third kappa shape index (κ3) is 6.10. The molecule has 1 fully saturated rings. The molecule has 1 saturated heterocycles. The fourth-order valence-corrected chi connectivity index (χ4v) is 4.44. The van der Waals surface area contributed by atoms with Crippen molar-refractivity contribution in [3.05, 3.63) is 66.2 Å². The van der Waals surface area contributed by atoms with Crippen LogP contribution < -0.4 is 16.0 Å². The average Bonchev–Trinajstić information content (AvgIpc) is 3.37. The van der Waals surface area contributed by atoms with E-state index in [4.69, 9.17) is 4.74 Å². The van der Waals surface area contributed by atoms with Crippen molar-refractivity contribution in [2.24, 2.45) is 0 Å². The highest BCUT2D eigenvalue weighted by atomic mass is 19.4. The second-order valence-electron chi connectivity index (χ2n) is 8.96. The number of ether oxygens (including phenoxy) is 1. The minimum absolute atomic E-state index is 0.0523. The molecule has 0 unspecified atom stereocenters. The van der Waals surface area contributed by atoms with Crippen LogP contribution in [0.15, 0.2) is 55.1 Å². The van der Waals surface area contributed by atoms with Gasteiger partial charge < -0.3 is 20.7 Å². The monoisotopic (exact) mass is 540 g/mol. The van der Waals surface area contributed by atoms with Gasteiger partial charge in [0.2, 0.25) is 0 Å². The molecule has 0 aliphatic carbocycles. The molecule has 204 valence electrons. The molecule has 3 N–H and O–H groups in total. The standard InChI is InChI=1S/C26H27F3N8O2/c1-30-23-22-24(32-15-31-23)37(16-33-22)20-6-4-18(5-7-20)34-25(38)35-19-3-2-17(21(14-19)26(27,28)29)8-9-36-10-12-39-13-11-36/h2-7,14-16H,8-13H2,1H3,(H,30,31,32)(H2,34,35,38). The van der Waals surface area contributed by atoms with E-state index in [1.807, 2.05) is 0 Å². The largest absolute Gasteiger partial charge is 0.416 e. The topological polar surface area (TPSA) is 109 Å². The Labute approximate surface area is 222 Å². The number of imidazole rings is 1. The van der Waals surface area contributed by atoms with Gasteiger partial charge >= 0.3 is 12.2 Å². The van der Waals surface area contributed by atoms with Crippen LogP contribution in [0, 0.1) is 0 Å². The van der Waals surface area contributed by atoms with Gasteiger partial charge in [-0.2, -0.15) is 13.2 Å². The summed E-state index contributed by atoms with van der Waals surface area (Å²) >= 11 is 0. The summed E-state index contributed by atoms with van der Waals surface area (Å²) in [5.41, 5.74) is 1.94. The highest BCUT2D eigenvalue weighted by Gasteiger charge is 2.33. The lowest BCUT2D eigenvalue weighted by Gasteiger charge is -2.27. The van der Waals surface area contributed by atoms with Crippen molar-refractivity contribution in [2.75, 3.05) is 55.8 Å². The zero-order chi connectivity index (χ0) is 27.4. The minimum Gasteiger partial charge on any atom is -0.379 e. The lowest BCUT2D eigenvalue weighted by molar-refractivity contribution is -0.138. The van der Waals surface area contributed by atoms with E-state index >= 15 is 0 Å². The Balaban J connectivity index is 1.24. The second kappa shape index (κ2) is 11.3. The number of benzene rings is 2. The van der Waals surface area contributed by atoms with Crippen LogP contribution >= 0.6 is 0 Å². The average molecular weight is 541 g/mol. The number of anilines is 3. The fourth-order valence-electron chi connectivity index (χ4n) is 4.44. The molecular weight excluding hydrogens is 513 g/mol. The fraction of sp³-hybridized carbons (Fsp3) is 0.308. The molecule has 3 heterocycles. The van der Waals surface area contributed by atoms with Crippen LogP contribution in [0.25, 0.3) is 16.9 Å². The van der Waals surface area contributed by atoms with Crippen LogP contribution in [-0.4, -0.2) is 70.3 Å². The maximum Gasteiger partial charge on any atom is 0.416 e. The lowest BCUT2D eigenvalue weighted by Crippen LogP contribution is -2.37. The van der Waals surface area contributed by atoms with Crippen molar-refractivity contribution in [1.82, 2.24) is 24.4 Å². The van der Waals surface area contributed by atoms with E-state index in [-0.39, 0.29) is 17.7 Å². The predicted octanol–water partition coefficient (Wildman–Crippen LogP) is 4.39. The van der Waals surface area contributed by atoms with Gasteiger partial charge in [-0.1, -0.05) is 6.07 Å². The first-order valence-corrected chi connectivity index (χ1v) is 12.4. The third-order valence-electron chi connectivity index (χ3n) is 6.45. The zero-order valence-electron chi connectivity index (χ0n) is 21.1. The molecule has 2 aromatic carbocycles. The van der Waals surface area contributed by atoms with Gasteiger partial charge in [0.15, 0.2) is 17.0 Å². The summed E-state index contributed by atoms with van der Waals surface area (Å²) in [7, 11) is 1.75. The summed E-state index contributed by atoms with van der Waals surface area (Å²) in [6, 6.07) is 10.1. The Morgan fingerprint density at radius 2 is 1.72 bits per heavy atom. The Morgan fingerprint density at radius 3 is 2.44 bits per heavy atom. The first-order valence-electron chi connectivity index (χ1n) is 12.4. The first-order chi connectivity index (χ1) is 18.8. The molecule has 0 bridgehead atoms. The smallest absolute Gasteiger partial charge is 0.379 e. The normalized spacial score (nSPS) is 14.4. The molecule has 1 aliphatic heterocycles. The molecular formula is C26H27F3N8O2. The minimum atomic E-state index is -4.54. The summed E-state index contributed by atoms with van der Waals surface area (Å²) in [4.78, 5) is 27.4. The SMILES string of the molecule is CNc1ncnc2c1ncn2-c1ccc(NC(=O)Nc2ccc(CCN3CCOCC3)c(C(F)(F)F)c2)cc1. The van der Waals surface area contributed by atoms with Gasteiger partial charge in [-0.3, -0.25) is 9.47 Å². The number of morpholine rings is 1. The van der Waals surface area contributed by atoms with E-state index in [0.29, 0.717) is 55.5 Å². The number of carbonyl (C=O) groups is 1. The maximum absolute atomic E-state index is 13.8. The summed E-state index contributed by atoms with van der Waals surface area (Å²) in [6.07, 6.45) is -1.23. The summed E-state index contributed by atoms with van der Waals surface area (Å²) < 4.78 is 48.4. The van der Waals surface area contributed by atoms with E-state index in [9.17, 15) is 18.0 Å². The zero-order valence-corrected chi connectivity index (χ0v) is 21.1.